The molecule has 1 fully saturated rings. The van der Waals surface area contributed by atoms with Crippen LogP contribution in [-0.2, 0) is 0 Å². The van der Waals surface area contributed by atoms with Gasteiger partial charge in [0.1, 0.15) is 5.82 Å². The molecule has 0 spiro atoms. The summed E-state index contributed by atoms with van der Waals surface area (Å²) in [5.41, 5.74) is 1.68. The second-order valence-electron chi connectivity index (χ2n) is 5.80. The molecule has 2 aromatic rings. The SMILES string of the molecule is Cc1cc(=O)[nH]c([C@H](C)N2CCN(c3ccncc3Cl)CC2)n1. The Morgan fingerprint density at radius 2 is 2.04 bits per heavy atom. The van der Waals surface area contributed by atoms with Crippen molar-refractivity contribution in [2.75, 3.05) is 31.1 Å². The van der Waals surface area contributed by atoms with Crippen molar-refractivity contribution < 1.29 is 0 Å². The van der Waals surface area contributed by atoms with Gasteiger partial charge in [-0.05, 0) is 19.9 Å². The van der Waals surface area contributed by atoms with Crippen molar-refractivity contribution in [3.8, 4) is 0 Å². The van der Waals surface area contributed by atoms with Crippen LogP contribution in [-0.4, -0.2) is 46.0 Å². The molecule has 122 valence electrons. The van der Waals surface area contributed by atoms with Crippen molar-refractivity contribution in [3.63, 3.8) is 0 Å². The molecule has 0 bridgehead atoms. The number of nitrogens with zero attached hydrogens (tertiary/aromatic N) is 4. The van der Waals surface area contributed by atoms with Gasteiger partial charge in [0.25, 0.3) is 5.56 Å². The first-order valence-electron chi connectivity index (χ1n) is 7.71. The lowest BCUT2D eigenvalue weighted by molar-refractivity contribution is 0.191. The Balaban J connectivity index is 1.69. The summed E-state index contributed by atoms with van der Waals surface area (Å²) < 4.78 is 0. The van der Waals surface area contributed by atoms with E-state index >= 15 is 0 Å². The Labute approximate surface area is 140 Å². The molecular formula is C16H20ClN5O. The molecule has 1 N–H and O–H groups in total. The molecule has 6 nitrogen and oxygen atoms in total. The minimum atomic E-state index is -0.0958. The van der Waals surface area contributed by atoms with E-state index in [9.17, 15) is 4.79 Å². The van der Waals surface area contributed by atoms with E-state index < -0.39 is 0 Å². The topological polar surface area (TPSA) is 65.1 Å². The second-order valence-corrected chi connectivity index (χ2v) is 6.21. The summed E-state index contributed by atoms with van der Waals surface area (Å²) in [6, 6.07) is 3.54. The molecule has 3 rings (SSSR count). The predicted molar refractivity (Wildman–Crippen MR) is 91.0 cm³/mol. The van der Waals surface area contributed by atoms with E-state index in [4.69, 9.17) is 11.6 Å². The van der Waals surface area contributed by atoms with E-state index in [1.165, 1.54) is 6.07 Å². The Hall–Kier alpha value is -1.92. The van der Waals surface area contributed by atoms with Crippen molar-refractivity contribution in [3.05, 3.63) is 51.4 Å². The smallest absolute Gasteiger partial charge is 0.251 e. The molecular weight excluding hydrogens is 314 g/mol. The van der Waals surface area contributed by atoms with Gasteiger partial charge >= 0.3 is 0 Å². The normalized spacial score (nSPS) is 17.3. The maximum Gasteiger partial charge on any atom is 0.251 e. The number of aryl methyl sites for hydroxylation is 1. The molecule has 0 aromatic carbocycles. The summed E-state index contributed by atoms with van der Waals surface area (Å²) in [6.45, 7) is 7.45. The Morgan fingerprint density at radius 3 is 2.70 bits per heavy atom. The zero-order valence-electron chi connectivity index (χ0n) is 13.3. The average Bonchev–Trinajstić information content (AvgIpc) is 2.54. The lowest BCUT2D eigenvalue weighted by Crippen LogP contribution is -2.47. The predicted octanol–water partition coefficient (Wildman–Crippen LogP) is 2.01. The number of pyridine rings is 1. The number of hydrogen-bond acceptors (Lipinski definition) is 5. The lowest BCUT2D eigenvalue weighted by Gasteiger charge is -2.38. The fraction of sp³-hybridized carbons (Fsp3) is 0.438. The standard InChI is InChI=1S/C16H20ClN5O/c1-11-9-15(23)20-16(19-11)12(2)21-5-7-22(8-6-21)14-3-4-18-10-13(14)17/h3-4,9-10,12H,5-8H2,1-2H3,(H,19,20,23)/t12-/m0/s1. The molecule has 1 atom stereocenters. The lowest BCUT2D eigenvalue weighted by atomic mass is 10.2. The molecule has 23 heavy (non-hydrogen) atoms. The van der Waals surface area contributed by atoms with Crippen LogP contribution < -0.4 is 10.5 Å². The van der Waals surface area contributed by atoms with E-state index in [2.05, 4.69) is 31.7 Å². The zero-order chi connectivity index (χ0) is 16.4. The van der Waals surface area contributed by atoms with E-state index in [1.54, 1.807) is 12.4 Å². The van der Waals surface area contributed by atoms with Gasteiger partial charge < -0.3 is 9.88 Å². The summed E-state index contributed by atoms with van der Waals surface area (Å²) in [4.78, 5) is 27.6. The highest BCUT2D eigenvalue weighted by Crippen LogP contribution is 2.26. The van der Waals surface area contributed by atoms with Crippen LogP contribution in [0.1, 0.15) is 24.5 Å². The molecule has 0 amide bonds. The van der Waals surface area contributed by atoms with Crippen LogP contribution in [0.25, 0.3) is 0 Å². The molecule has 1 aliphatic heterocycles. The van der Waals surface area contributed by atoms with Gasteiger partial charge in [-0.25, -0.2) is 4.98 Å². The Bertz CT molecular complexity index is 739. The number of aromatic amines is 1. The molecule has 0 unspecified atom stereocenters. The molecule has 0 saturated carbocycles. The van der Waals surface area contributed by atoms with Crippen LogP contribution in [0.4, 0.5) is 5.69 Å². The Morgan fingerprint density at radius 1 is 1.30 bits per heavy atom. The maximum atomic E-state index is 11.6. The van der Waals surface area contributed by atoms with E-state index in [1.807, 2.05) is 13.0 Å². The van der Waals surface area contributed by atoms with Crippen molar-refractivity contribution in [2.45, 2.75) is 19.9 Å². The first-order chi connectivity index (χ1) is 11.0. The highest BCUT2D eigenvalue weighted by atomic mass is 35.5. The number of nitrogens with one attached hydrogen (secondary N) is 1. The average molecular weight is 334 g/mol. The van der Waals surface area contributed by atoms with Crippen molar-refractivity contribution in [1.29, 1.82) is 0 Å². The maximum absolute atomic E-state index is 11.6. The molecule has 0 radical (unpaired) electrons. The van der Waals surface area contributed by atoms with Crippen molar-refractivity contribution >= 4 is 17.3 Å². The van der Waals surface area contributed by atoms with Gasteiger partial charge in [0, 0.05) is 50.3 Å². The van der Waals surface area contributed by atoms with Crippen LogP contribution in [0.3, 0.4) is 0 Å². The first-order valence-corrected chi connectivity index (χ1v) is 8.09. The quantitative estimate of drug-likeness (QED) is 0.930. The van der Waals surface area contributed by atoms with Gasteiger partial charge in [-0.1, -0.05) is 11.6 Å². The van der Waals surface area contributed by atoms with Gasteiger partial charge in [0.15, 0.2) is 0 Å². The number of anilines is 1. The molecule has 7 heteroatoms. The summed E-state index contributed by atoms with van der Waals surface area (Å²) in [5, 5.41) is 0.679. The van der Waals surface area contributed by atoms with E-state index in [-0.39, 0.29) is 11.6 Å². The highest BCUT2D eigenvalue weighted by Gasteiger charge is 2.24. The number of hydrogen-bond donors (Lipinski definition) is 1. The zero-order valence-corrected chi connectivity index (χ0v) is 14.0. The largest absolute Gasteiger partial charge is 0.368 e. The molecule has 0 aliphatic carbocycles. The number of halogens is 1. The molecule has 3 heterocycles. The fourth-order valence-electron chi connectivity index (χ4n) is 2.95. The fourth-order valence-corrected chi connectivity index (χ4v) is 3.19. The number of rotatable bonds is 3. The third-order valence-electron chi connectivity index (χ3n) is 4.24. The summed E-state index contributed by atoms with van der Waals surface area (Å²) >= 11 is 6.22. The third kappa shape index (κ3) is 3.54. The van der Waals surface area contributed by atoms with Gasteiger partial charge in [0.05, 0.1) is 16.8 Å². The van der Waals surface area contributed by atoms with Crippen molar-refractivity contribution in [2.24, 2.45) is 0 Å². The monoisotopic (exact) mass is 333 g/mol. The summed E-state index contributed by atoms with van der Waals surface area (Å²) in [7, 11) is 0. The minimum Gasteiger partial charge on any atom is -0.368 e. The molecule has 2 aromatic heterocycles. The Kier molecular flexibility index (Phi) is 4.63. The van der Waals surface area contributed by atoms with Crippen molar-refractivity contribution in [1.82, 2.24) is 19.9 Å². The number of H-pyrrole nitrogens is 1. The van der Waals surface area contributed by atoms with Crippen LogP contribution in [0.2, 0.25) is 5.02 Å². The second kappa shape index (κ2) is 6.68. The van der Waals surface area contributed by atoms with Crippen LogP contribution in [0.15, 0.2) is 29.3 Å². The molecule has 1 saturated heterocycles. The van der Waals surface area contributed by atoms with E-state index in [0.717, 1.165) is 43.4 Å². The first kappa shape index (κ1) is 16.0. The number of piperazine rings is 1. The summed E-state index contributed by atoms with van der Waals surface area (Å²) in [5.74, 6) is 0.727. The van der Waals surface area contributed by atoms with Crippen LogP contribution in [0.5, 0.6) is 0 Å². The highest BCUT2D eigenvalue weighted by molar-refractivity contribution is 6.33. The minimum absolute atomic E-state index is 0.0812. The van der Waals surface area contributed by atoms with Gasteiger partial charge in [-0.3, -0.25) is 14.7 Å². The van der Waals surface area contributed by atoms with Gasteiger partial charge in [-0.15, -0.1) is 0 Å². The number of aromatic nitrogens is 3. The summed E-state index contributed by atoms with van der Waals surface area (Å²) in [6.07, 6.45) is 3.44. The molecule has 1 aliphatic rings. The van der Waals surface area contributed by atoms with Crippen LogP contribution >= 0.6 is 11.6 Å². The van der Waals surface area contributed by atoms with Gasteiger partial charge in [0.2, 0.25) is 0 Å². The van der Waals surface area contributed by atoms with E-state index in [0.29, 0.717) is 5.02 Å². The van der Waals surface area contributed by atoms with Gasteiger partial charge in [-0.2, -0.15) is 0 Å². The third-order valence-corrected chi connectivity index (χ3v) is 4.53. The van der Waals surface area contributed by atoms with Crippen LogP contribution in [0, 0.1) is 6.92 Å².